The van der Waals surface area contributed by atoms with Gasteiger partial charge in [-0.2, -0.15) is 0 Å². The van der Waals surface area contributed by atoms with Crippen LogP contribution in [0.5, 0.6) is 0 Å². The highest BCUT2D eigenvalue weighted by Gasteiger charge is 2.30. The number of aromatic nitrogens is 2. The van der Waals surface area contributed by atoms with E-state index in [1.54, 1.807) is 13.3 Å². The van der Waals surface area contributed by atoms with E-state index in [1.165, 1.54) is 0 Å². The van der Waals surface area contributed by atoms with Crippen LogP contribution in [-0.2, 0) is 14.6 Å². The summed E-state index contributed by atoms with van der Waals surface area (Å²) in [6.45, 7) is 2.57. The summed E-state index contributed by atoms with van der Waals surface area (Å²) >= 11 is 0. The molecule has 6 nitrogen and oxygen atoms in total. The highest BCUT2D eigenvalue weighted by molar-refractivity contribution is 7.91. The normalized spacial score (nSPS) is 24.0. The van der Waals surface area contributed by atoms with E-state index < -0.39 is 9.84 Å². The minimum absolute atomic E-state index is 0.00487. The molecule has 2 atom stereocenters. The third-order valence-corrected chi connectivity index (χ3v) is 4.81. The number of hydrogen-bond acceptors (Lipinski definition) is 5. The summed E-state index contributed by atoms with van der Waals surface area (Å²) < 4.78 is 30.0. The third-order valence-electron chi connectivity index (χ3n) is 3.06. The van der Waals surface area contributed by atoms with Gasteiger partial charge in [0, 0.05) is 25.5 Å². The lowest BCUT2D eigenvalue weighted by atomic mass is 10.2. The summed E-state index contributed by atoms with van der Waals surface area (Å²) in [4.78, 5) is 4.23. The van der Waals surface area contributed by atoms with E-state index in [0.29, 0.717) is 19.0 Å². The summed E-state index contributed by atoms with van der Waals surface area (Å²) in [6.07, 6.45) is 4.17. The summed E-state index contributed by atoms with van der Waals surface area (Å²) in [7, 11) is -1.23. The summed E-state index contributed by atoms with van der Waals surface area (Å²) in [5, 5.41) is 3.23. The third kappa shape index (κ3) is 3.02. The van der Waals surface area contributed by atoms with Gasteiger partial charge in [-0.15, -0.1) is 0 Å². The molecule has 0 saturated carbocycles. The number of imidazole rings is 1. The fraction of sp³-hybridized carbons (Fsp3) is 0.727. The van der Waals surface area contributed by atoms with Gasteiger partial charge in [0.15, 0.2) is 9.84 Å². The Labute approximate surface area is 107 Å². The van der Waals surface area contributed by atoms with Crippen LogP contribution in [0.1, 0.15) is 19.4 Å². The van der Waals surface area contributed by atoms with Gasteiger partial charge in [-0.05, 0) is 13.3 Å². The van der Waals surface area contributed by atoms with E-state index in [-0.39, 0.29) is 23.6 Å². The molecule has 2 heterocycles. The average molecular weight is 273 g/mol. The molecule has 1 aromatic heterocycles. The van der Waals surface area contributed by atoms with Gasteiger partial charge in [-0.25, -0.2) is 13.4 Å². The van der Waals surface area contributed by atoms with Gasteiger partial charge >= 0.3 is 0 Å². The molecule has 102 valence electrons. The van der Waals surface area contributed by atoms with Gasteiger partial charge in [0.2, 0.25) is 5.95 Å². The van der Waals surface area contributed by atoms with E-state index >= 15 is 0 Å². The molecule has 2 rings (SSSR count). The molecule has 1 aromatic rings. The van der Waals surface area contributed by atoms with Crippen molar-refractivity contribution in [3.8, 4) is 0 Å². The molecule has 1 aliphatic heterocycles. The fourth-order valence-corrected chi connectivity index (χ4v) is 3.94. The first-order valence-corrected chi connectivity index (χ1v) is 7.82. The predicted octanol–water partition coefficient (Wildman–Crippen LogP) is 0.689. The Balaban J connectivity index is 2.08. The van der Waals surface area contributed by atoms with Crippen molar-refractivity contribution in [3.63, 3.8) is 0 Å². The maximum absolute atomic E-state index is 11.5. The van der Waals surface area contributed by atoms with Crippen molar-refractivity contribution in [1.82, 2.24) is 9.55 Å². The van der Waals surface area contributed by atoms with E-state index in [4.69, 9.17) is 4.74 Å². The lowest BCUT2D eigenvalue weighted by Gasteiger charge is -2.18. The number of hydrogen-bond donors (Lipinski definition) is 1. The van der Waals surface area contributed by atoms with E-state index in [1.807, 2.05) is 17.7 Å². The van der Waals surface area contributed by atoms with Crippen LogP contribution >= 0.6 is 0 Å². The second-order valence-electron chi connectivity index (χ2n) is 4.72. The van der Waals surface area contributed by atoms with Crippen molar-refractivity contribution in [2.45, 2.75) is 25.4 Å². The molecule has 1 aliphatic rings. The van der Waals surface area contributed by atoms with Crippen LogP contribution in [-0.4, -0.2) is 49.2 Å². The van der Waals surface area contributed by atoms with Crippen molar-refractivity contribution >= 4 is 15.8 Å². The maximum Gasteiger partial charge on any atom is 0.203 e. The zero-order valence-electron chi connectivity index (χ0n) is 10.7. The van der Waals surface area contributed by atoms with Crippen molar-refractivity contribution in [1.29, 1.82) is 0 Å². The number of nitrogens with zero attached hydrogens (tertiary/aromatic N) is 2. The second kappa shape index (κ2) is 5.27. The average Bonchev–Trinajstić information content (AvgIpc) is 2.85. The molecule has 2 unspecified atom stereocenters. The van der Waals surface area contributed by atoms with E-state index in [9.17, 15) is 8.42 Å². The van der Waals surface area contributed by atoms with Crippen molar-refractivity contribution in [2.75, 3.05) is 30.5 Å². The van der Waals surface area contributed by atoms with Gasteiger partial charge in [-0.3, -0.25) is 0 Å². The number of nitrogens with one attached hydrogen (secondary N) is 1. The number of methoxy groups -OCH3 is 1. The Bertz CT molecular complexity index is 497. The van der Waals surface area contributed by atoms with Crippen LogP contribution in [0.25, 0.3) is 0 Å². The van der Waals surface area contributed by atoms with Crippen molar-refractivity contribution in [2.24, 2.45) is 0 Å². The highest BCUT2D eigenvalue weighted by atomic mass is 32.2. The Kier molecular flexibility index (Phi) is 3.91. The number of ether oxygens (including phenoxy) is 1. The Morgan fingerprint density at radius 2 is 2.44 bits per heavy atom. The first-order valence-electron chi connectivity index (χ1n) is 6.00. The largest absolute Gasteiger partial charge is 0.383 e. The van der Waals surface area contributed by atoms with Gasteiger partial charge in [0.05, 0.1) is 24.2 Å². The van der Waals surface area contributed by atoms with Crippen molar-refractivity contribution < 1.29 is 13.2 Å². The molecule has 0 aliphatic carbocycles. The quantitative estimate of drug-likeness (QED) is 0.854. The topological polar surface area (TPSA) is 73.2 Å². The predicted molar refractivity (Wildman–Crippen MR) is 69.5 cm³/mol. The van der Waals surface area contributed by atoms with Crippen LogP contribution < -0.4 is 5.32 Å². The Morgan fingerprint density at radius 3 is 3.06 bits per heavy atom. The first-order chi connectivity index (χ1) is 8.52. The van der Waals surface area contributed by atoms with Crippen molar-refractivity contribution in [3.05, 3.63) is 12.4 Å². The molecule has 0 amide bonds. The van der Waals surface area contributed by atoms with Gasteiger partial charge in [0.1, 0.15) is 0 Å². The first kappa shape index (κ1) is 13.4. The molecule has 0 radical (unpaired) electrons. The minimum Gasteiger partial charge on any atom is -0.383 e. The van der Waals surface area contributed by atoms with Gasteiger partial charge in [-0.1, -0.05) is 0 Å². The molecule has 0 spiro atoms. The number of sulfone groups is 1. The van der Waals surface area contributed by atoms with Gasteiger partial charge < -0.3 is 14.6 Å². The highest BCUT2D eigenvalue weighted by Crippen LogP contribution is 2.26. The van der Waals surface area contributed by atoms with Crippen LogP contribution in [0.3, 0.4) is 0 Å². The van der Waals surface area contributed by atoms with Gasteiger partial charge in [0.25, 0.3) is 0 Å². The summed E-state index contributed by atoms with van der Waals surface area (Å²) in [5.41, 5.74) is 0. The standard InChI is InChI=1S/C11H19N3O3S/c1-9(7-17-2)13-11-12-4-5-14(11)10-3-6-18(15,16)8-10/h4-5,9-10H,3,6-8H2,1-2H3,(H,12,13). The Morgan fingerprint density at radius 1 is 1.67 bits per heavy atom. The fourth-order valence-electron chi connectivity index (χ4n) is 2.23. The maximum atomic E-state index is 11.5. The molecule has 0 aromatic carbocycles. The lowest BCUT2D eigenvalue weighted by Crippen LogP contribution is -2.24. The molecule has 1 saturated heterocycles. The lowest BCUT2D eigenvalue weighted by molar-refractivity contribution is 0.190. The molecule has 1 fully saturated rings. The molecule has 7 heteroatoms. The zero-order chi connectivity index (χ0) is 13.2. The number of rotatable bonds is 5. The summed E-state index contributed by atoms with van der Waals surface area (Å²) in [5.74, 6) is 1.18. The molecule has 18 heavy (non-hydrogen) atoms. The minimum atomic E-state index is -2.88. The van der Waals surface area contributed by atoms with Crippen LogP contribution in [0.4, 0.5) is 5.95 Å². The summed E-state index contributed by atoms with van der Waals surface area (Å²) in [6, 6.07) is 0.129. The Hall–Kier alpha value is -1.08. The molecular formula is C11H19N3O3S. The molecular weight excluding hydrogens is 254 g/mol. The molecule has 1 N–H and O–H groups in total. The van der Waals surface area contributed by atoms with E-state index in [2.05, 4.69) is 10.3 Å². The second-order valence-corrected chi connectivity index (χ2v) is 6.94. The van der Waals surface area contributed by atoms with Crippen LogP contribution in [0, 0.1) is 0 Å². The monoisotopic (exact) mass is 273 g/mol. The smallest absolute Gasteiger partial charge is 0.203 e. The van der Waals surface area contributed by atoms with Crippen LogP contribution in [0.2, 0.25) is 0 Å². The molecule has 0 bridgehead atoms. The number of anilines is 1. The van der Waals surface area contributed by atoms with Crippen LogP contribution in [0.15, 0.2) is 12.4 Å². The van der Waals surface area contributed by atoms with E-state index in [0.717, 1.165) is 0 Å². The zero-order valence-corrected chi connectivity index (χ0v) is 11.5. The SMILES string of the molecule is COCC(C)Nc1nccn1C1CCS(=O)(=O)C1.